The molecule has 2 aliphatic rings. The highest BCUT2D eigenvalue weighted by Crippen LogP contribution is 2.17. The van der Waals surface area contributed by atoms with Gasteiger partial charge in [0.1, 0.15) is 0 Å². The fourth-order valence-electron chi connectivity index (χ4n) is 1.31. The molecule has 1 nitrogen and oxygen atoms in total. The topological polar surface area (TPSA) is 9.23 Å². The highest BCUT2D eigenvalue weighted by molar-refractivity contribution is 6.46. The van der Waals surface area contributed by atoms with E-state index in [1.54, 1.807) is 0 Å². The van der Waals surface area contributed by atoms with Gasteiger partial charge in [-0.2, -0.15) is 0 Å². The summed E-state index contributed by atoms with van der Waals surface area (Å²) in [5.41, 5.74) is 0. The highest BCUT2D eigenvalue weighted by atomic mass is 16.4. The minimum absolute atomic E-state index is 0.339. The van der Waals surface area contributed by atoms with Gasteiger partial charge in [0.25, 0.3) is 15.0 Å². The first-order chi connectivity index (χ1) is 6.45. The third kappa shape index (κ3) is 2.49. The van der Waals surface area contributed by atoms with Gasteiger partial charge in [0.05, 0.1) is 0 Å². The van der Waals surface area contributed by atoms with Gasteiger partial charge < -0.3 is 4.57 Å². The molecule has 2 radical (unpaired) electrons. The van der Waals surface area contributed by atoms with Crippen molar-refractivity contribution in [3.63, 3.8) is 0 Å². The van der Waals surface area contributed by atoms with Crippen molar-refractivity contribution in [2.75, 3.05) is 0 Å². The van der Waals surface area contributed by atoms with E-state index < -0.39 is 0 Å². The summed E-state index contributed by atoms with van der Waals surface area (Å²) in [6.07, 6.45) is 16.5. The van der Waals surface area contributed by atoms with Crippen molar-refractivity contribution in [1.82, 2.24) is 0 Å². The van der Waals surface area contributed by atoms with E-state index in [1.807, 2.05) is 39.3 Å². The van der Waals surface area contributed by atoms with Crippen LogP contribution < -0.4 is 0 Å². The summed E-state index contributed by atoms with van der Waals surface area (Å²) in [6.45, 7) is 0. The Hall–Kier alpha value is -0.950. The molecule has 2 aliphatic carbocycles. The monoisotopic (exact) mass is 168 g/mol. The first-order valence-corrected chi connectivity index (χ1v) is 4.47. The molecule has 3 heteroatoms. The minimum atomic E-state index is 0.339. The van der Waals surface area contributed by atoms with Crippen molar-refractivity contribution in [3.8, 4) is 0 Å². The van der Waals surface area contributed by atoms with Crippen molar-refractivity contribution in [2.45, 2.75) is 11.6 Å². The Balaban J connectivity index is 1.63. The molecule has 0 atom stereocenters. The molecule has 0 saturated heterocycles. The van der Waals surface area contributed by atoms with Crippen LogP contribution in [-0.4, -0.2) is 15.0 Å². The molecule has 0 aromatic heterocycles. The van der Waals surface area contributed by atoms with Crippen LogP contribution in [0, 0.1) is 0 Å². The van der Waals surface area contributed by atoms with Gasteiger partial charge in [-0.05, 0) is 11.6 Å². The smallest absolute Gasteiger partial charge is 0.284 e. The second-order valence-corrected chi connectivity index (χ2v) is 3.10. The van der Waals surface area contributed by atoms with E-state index in [0.29, 0.717) is 11.6 Å². The number of hydrogen-bond acceptors (Lipinski definition) is 1. The summed E-state index contributed by atoms with van der Waals surface area (Å²) in [7, 11) is 3.67. The van der Waals surface area contributed by atoms with Crippen molar-refractivity contribution >= 4 is 15.0 Å². The standard InChI is InChI=1S/C10H10B2O/c1-2-6-9(5-1)11-13-12-10-7-3-4-8-10/h1-10H. The van der Waals surface area contributed by atoms with E-state index in [-0.39, 0.29) is 0 Å². The van der Waals surface area contributed by atoms with Gasteiger partial charge in [-0.15, -0.1) is 0 Å². The van der Waals surface area contributed by atoms with E-state index in [9.17, 15) is 0 Å². The molecule has 0 spiro atoms. The second kappa shape index (κ2) is 4.33. The average molecular weight is 168 g/mol. The summed E-state index contributed by atoms with van der Waals surface area (Å²) in [4.78, 5) is 0. The number of hydrogen-bond donors (Lipinski definition) is 0. The second-order valence-electron chi connectivity index (χ2n) is 3.10. The molecule has 0 saturated carbocycles. The quantitative estimate of drug-likeness (QED) is 0.583. The van der Waals surface area contributed by atoms with Crippen LogP contribution in [0.5, 0.6) is 0 Å². The molecule has 0 unspecified atom stereocenters. The predicted octanol–water partition coefficient (Wildman–Crippen LogP) is 2.07. The average Bonchev–Trinajstić information content (AvgIpc) is 2.75. The molecular formula is C10H10B2O. The van der Waals surface area contributed by atoms with Gasteiger partial charge in [0.2, 0.25) is 0 Å². The van der Waals surface area contributed by atoms with Crippen molar-refractivity contribution in [1.29, 1.82) is 0 Å². The summed E-state index contributed by atoms with van der Waals surface area (Å²) < 4.78 is 5.35. The summed E-state index contributed by atoms with van der Waals surface area (Å²) in [5.74, 6) is 0.677. The molecule has 13 heavy (non-hydrogen) atoms. The van der Waals surface area contributed by atoms with Crippen LogP contribution in [0.25, 0.3) is 0 Å². The molecule has 0 aliphatic heterocycles. The Bertz CT molecular complexity index is 227. The van der Waals surface area contributed by atoms with Crippen LogP contribution >= 0.6 is 0 Å². The lowest BCUT2D eigenvalue weighted by Crippen LogP contribution is -2.10. The van der Waals surface area contributed by atoms with Gasteiger partial charge in [0.15, 0.2) is 0 Å². The zero-order valence-electron chi connectivity index (χ0n) is 7.34. The number of rotatable bonds is 4. The first kappa shape index (κ1) is 8.64. The SMILES string of the molecule is [B](O[B]C1C=CC=C1)C1C=CC=C1. The Morgan fingerprint density at radius 1 is 0.692 bits per heavy atom. The van der Waals surface area contributed by atoms with E-state index in [0.717, 1.165) is 0 Å². The van der Waals surface area contributed by atoms with E-state index in [4.69, 9.17) is 4.57 Å². The summed E-state index contributed by atoms with van der Waals surface area (Å²) in [6, 6.07) is 0. The molecule has 0 aromatic rings. The van der Waals surface area contributed by atoms with E-state index >= 15 is 0 Å². The van der Waals surface area contributed by atoms with Crippen molar-refractivity contribution in [2.24, 2.45) is 0 Å². The molecule has 0 N–H and O–H groups in total. The third-order valence-corrected chi connectivity index (χ3v) is 2.03. The number of allylic oxidation sites excluding steroid dienone is 8. The van der Waals surface area contributed by atoms with Crippen LogP contribution in [0.2, 0.25) is 11.6 Å². The fourth-order valence-corrected chi connectivity index (χ4v) is 1.31. The van der Waals surface area contributed by atoms with Crippen LogP contribution in [-0.2, 0) is 4.57 Å². The Kier molecular flexibility index (Phi) is 2.88. The molecular weight excluding hydrogens is 158 g/mol. The first-order valence-electron chi connectivity index (χ1n) is 4.47. The maximum Gasteiger partial charge on any atom is 0.284 e. The molecule has 0 bridgehead atoms. The van der Waals surface area contributed by atoms with Gasteiger partial charge in [-0.1, -0.05) is 48.6 Å². The van der Waals surface area contributed by atoms with Gasteiger partial charge in [-0.25, -0.2) is 0 Å². The summed E-state index contributed by atoms with van der Waals surface area (Å²) >= 11 is 0. The lowest BCUT2D eigenvalue weighted by molar-refractivity contribution is 0.629. The molecule has 0 fully saturated rings. The van der Waals surface area contributed by atoms with Crippen LogP contribution in [0.4, 0.5) is 0 Å². The summed E-state index contributed by atoms with van der Waals surface area (Å²) in [5, 5.41) is 0. The molecule has 62 valence electrons. The Labute approximate surface area is 80.4 Å². The maximum absolute atomic E-state index is 5.35. The lowest BCUT2D eigenvalue weighted by atomic mass is 9.74. The predicted molar refractivity (Wildman–Crippen MR) is 56.7 cm³/mol. The van der Waals surface area contributed by atoms with Gasteiger partial charge >= 0.3 is 0 Å². The fraction of sp³-hybridized carbons (Fsp3) is 0.200. The van der Waals surface area contributed by atoms with Crippen LogP contribution in [0.3, 0.4) is 0 Å². The minimum Gasteiger partial charge on any atom is -0.505 e. The molecule has 2 rings (SSSR count). The maximum atomic E-state index is 5.35. The van der Waals surface area contributed by atoms with Crippen molar-refractivity contribution < 1.29 is 4.57 Å². The zero-order chi connectivity index (χ0) is 8.93. The Morgan fingerprint density at radius 3 is 1.46 bits per heavy atom. The molecule has 0 aromatic carbocycles. The van der Waals surface area contributed by atoms with Crippen LogP contribution in [0.1, 0.15) is 0 Å². The lowest BCUT2D eigenvalue weighted by Gasteiger charge is -2.06. The highest BCUT2D eigenvalue weighted by Gasteiger charge is 2.10. The largest absolute Gasteiger partial charge is 0.505 e. The normalized spacial score (nSPS) is 20.3. The van der Waals surface area contributed by atoms with Crippen molar-refractivity contribution in [3.05, 3.63) is 48.6 Å². The molecule has 0 amide bonds. The molecule has 0 heterocycles. The van der Waals surface area contributed by atoms with E-state index in [1.165, 1.54) is 0 Å². The third-order valence-electron chi connectivity index (χ3n) is 2.03. The Morgan fingerprint density at radius 2 is 1.08 bits per heavy atom. The zero-order valence-corrected chi connectivity index (χ0v) is 7.34. The van der Waals surface area contributed by atoms with Gasteiger partial charge in [0, 0.05) is 0 Å². The van der Waals surface area contributed by atoms with Gasteiger partial charge in [-0.3, -0.25) is 0 Å². The van der Waals surface area contributed by atoms with E-state index in [2.05, 4.69) is 24.3 Å². The van der Waals surface area contributed by atoms with Crippen LogP contribution in [0.15, 0.2) is 48.6 Å².